The summed E-state index contributed by atoms with van der Waals surface area (Å²) in [7, 11) is 0. The second-order valence-corrected chi connectivity index (χ2v) is 5.33. The van der Waals surface area contributed by atoms with E-state index in [1.165, 1.54) is 0 Å². The van der Waals surface area contributed by atoms with E-state index in [4.69, 9.17) is 4.42 Å². The maximum absolute atomic E-state index is 5.52. The summed E-state index contributed by atoms with van der Waals surface area (Å²) >= 11 is 1.60. The molecule has 92 valence electrons. The Hall–Kier alpha value is -1.20. The molecule has 0 fully saturated rings. The first-order valence-electron chi connectivity index (χ1n) is 5.77. The topological polar surface area (TPSA) is 51.0 Å². The van der Waals surface area contributed by atoms with Crippen LogP contribution in [-0.4, -0.2) is 22.8 Å². The van der Waals surface area contributed by atoms with E-state index in [1.807, 2.05) is 19.1 Å². The van der Waals surface area contributed by atoms with E-state index in [-0.39, 0.29) is 0 Å². The Kier molecular flexibility index (Phi) is 3.91. The Balaban J connectivity index is 1.96. The van der Waals surface area contributed by atoms with E-state index in [0.29, 0.717) is 6.04 Å². The van der Waals surface area contributed by atoms with Crippen molar-refractivity contribution >= 4 is 11.3 Å². The molecule has 2 aromatic rings. The summed E-state index contributed by atoms with van der Waals surface area (Å²) in [6, 6.07) is 4.39. The van der Waals surface area contributed by atoms with Crippen molar-refractivity contribution in [3.8, 4) is 10.8 Å². The van der Waals surface area contributed by atoms with Gasteiger partial charge in [-0.1, -0.05) is 25.2 Å². The van der Waals surface area contributed by atoms with Gasteiger partial charge in [-0.25, -0.2) is 0 Å². The average molecular weight is 251 g/mol. The second-order valence-electron chi connectivity index (χ2n) is 4.27. The molecule has 2 heterocycles. The van der Waals surface area contributed by atoms with Crippen LogP contribution in [0, 0.1) is 6.92 Å². The fourth-order valence-electron chi connectivity index (χ4n) is 1.47. The first kappa shape index (κ1) is 12.3. The molecule has 0 aliphatic carbocycles. The number of rotatable bonds is 5. The van der Waals surface area contributed by atoms with Crippen molar-refractivity contribution < 1.29 is 4.42 Å². The highest BCUT2D eigenvalue weighted by atomic mass is 32.1. The maximum Gasteiger partial charge on any atom is 0.183 e. The Bertz CT molecular complexity index is 476. The van der Waals surface area contributed by atoms with Crippen molar-refractivity contribution in [2.24, 2.45) is 0 Å². The summed E-state index contributed by atoms with van der Waals surface area (Å²) in [5.41, 5.74) is 0. The molecule has 0 aromatic carbocycles. The summed E-state index contributed by atoms with van der Waals surface area (Å²) in [5, 5.41) is 13.6. The first-order chi connectivity index (χ1) is 8.15. The Morgan fingerprint density at radius 3 is 2.82 bits per heavy atom. The molecular weight excluding hydrogens is 234 g/mol. The van der Waals surface area contributed by atoms with Gasteiger partial charge in [-0.05, 0) is 19.1 Å². The zero-order valence-electron chi connectivity index (χ0n) is 10.4. The standard InChI is InChI=1S/C12H17N3OS/c1-8(2)13-7-6-11-14-15-12(17-11)10-5-4-9(3)16-10/h4-5,8,13H,6-7H2,1-3H3. The van der Waals surface area contributed by atoms with Crippen molar-refractivity contribution in [3.05, 3.63) is 22.9 Å². The number of furan rings is 1. The minimum absolute atomic E-state index is 0.509. The molecule has 17 heavy (non-hydrogen) atoms. The van der Waals surface area contributed by atoms with Crippen LogP contribution in [0.1, 0.15) is 24.6 Å². The molecule has 0 unspecified atom stereocenters. The normalized spacial score (nSPS) is 11.3. The van der Waals surface area contributed by atoms with Crippen LogP contribution in [0.5, 0.6) is 0 Å². The first-order valence-corrected chi connectivity index (χ1v) is 6.59. The summed E-state index contributed by atoms with van der Waals surface area (Å²) in [6.45, 7) is 7.13. The highest BCUT2D eigenvalue weighted by Gasteiger charge is 2.09. The van der Waals surface area contributed by atoms with E-state index < -0.39 is 0 Å². The highest BCUT2D eigenvalue weighted by molar-refractivity contribution is 7.14. The number of nitrogens with zero attached hydrogens (tertiary/aromatic N) is 2. The van der Waals surface area contributed by atoms with E-state index >= 15 is 0 Å². The largest absolute Gasteiger partial charge is 0.459 e. The quantitative estimate of drug-likeness (QED) is 0.887. The van der Waals surface area contributed by atoms with Gasteiger partial charge in [0.2, 0.25) is 0 Å². The zero-order chi connectivity index (χ0) is 12.3. The van der Waals surface area contributed by atoms with Crippen LogP contribution in [0.4, 0.5) is 0 Å². The molecule has 0 bridgehead atoms. The lowest BCUT2D eigenvalue weighted by Crippen LogP contribution is -2.24. The monoisotopic (exact) mass is 251 g/mol. The van der Waals surface area contributed by atoms with E-state index in [2.05, 4.69) is 29.4 Å². The lowest BCUT2D eigenvalue weighted by molar-refractivity contribution is 0.547. The van der Waals surface area contributed by atoms with Crippen LogP contribution in [0.25, 0.3) is 10.8 Å². The summed E-state index contributed by atoms with van der Waals surface area (Å²) in [5.74, 6) is 1.71. The number of aryl methyl sites for hydroxylation is 1. The fourth-order valence-corrected chi connectivity index (χ4v) is 2.27. The minimum atomic E-state index is 0.509. The van der Waals surface area contributed by atoms with Crippen molar-refractivity contribution in [3.63, 3.8) is 0 Å². The predicted molar refractivity (Wildman–Crippen MR) is 69.2 cm³/mol. The molecule has 0 atom stereocenters. The molecule has 0 radical (unpaired) electrons. The predicted octanol–water partition coefficient (Wildman–Crippen LogP) is 2.65. The highest BCUT2D eigenvalue weighted by Crippen LogP contribution is 2.25. The molecule has 0 amide bonds. The van der Waals surface area contributed by atoms with Crippen LogP contribution in [0.15, 0.2) is 16.5 Å². The lowest BCUT2D eigenvalue weighted by atomic mass is 10.3. The van der Waals surface area contributed by atoms with Crippen LogP contribution < -0.4 is 5.32 Å². The molecule has 0 aliphatic rings. The Morgan fingerprint density at radius 1 is 1.35 bits per heavy atom. The summed E-state index contributed by atoms with van der Waals surface area (Å²) in [6.07, 6.45) is 0.912. The molecular formula is C12H17N3OS. The van der Waals surface area contributed by atoms with E-state index in [0.717, 1.165) is 34.5 Å². The summed E-state index contributed by atoms with van der Waals surface area (Å²) in [4.78, 5) is 0. The van der Waals surface area contributed by atoms with Gasteiger partial charge in [0.15, 0.2) is 10.8 Å². The average Bonchev–Trinajstić information content (AvgIpc) is 2.86. The summed E-state index contributed by atoms with van der Waals surface area (Å²) < 4.78 is 5.52. The number of nitrogens with one attached hydrogen (secondary N) is 1. The van der Waals surface area contributed by atoms with Gasteiger partial charge in [-0.15, -0.1) is 10.2 Å². The van der Waals surface area contributed by atoms with Gasteiger partial charge in [0.25, 0.3) is 0 Å². The van der Waals surface area contributed by atoms with Crippen LogP contribution >= 0.6 is 11.3 Å². The molecule has 1 N–H and O–H groups in total. The lowest BCUT2D eigenvalue weighted by Gasteiger charge is -2.04. The van der Waals surface area contributed by atoms with Gasteiger partial charge < -0.3 is 9.73 Å². The maximum atomic E-state index is 5.52. The molecule has 0 saturated heterocycles. The third kappa shape index (κ3) is 3.38. The molecule has 5 heteroatoms. The van der Waals surface area contributed by atoms with Crippen molar-refractivity contribution in [2.75, 3.05) is 6.54 Å². The number of hydrogen-bond donors (Lipinski definition) is 1. The molecule has 2 rings (SSSR count). The van der Waals surface area contributed by atoms with Crippen molar-refractivity contribution in [1.82, 2.24) is 15.5 Å². The SMILES string of the molecule is Cc1ccc(-c2nnc(CCNC(C)C)s2)o1. The second kappa shape index (κ2) is 5.42. The van der Waals surface area contributed by atoms with Gasteiger partial charge in [-0.3, -0.25) is 0 Å². The third-order valence-electron chi connectivity index (χ3n) is 2.31. The van der Waals surface area contributed by atoms with Crippen molar-refractivity contribution in [1.29, 1.82) is 0 Å². The molecule has 0 spiro atoms. The van der Waals surface area contributed by atoms with Crippen molar-refractivity contribution in [2.45, 2.75) is 33.2 Å². The smallest absolute Gasteiger partial charge is 0.183 e. The zero-order valence-corrected chi connectivity index (χ0v) is 11.2. The van der Waals surface area contributed by atoms with Crippen LogP contribution in [-0.2, 0) is 6.42 Å². The minimum Gasteiger partial charge on any atom is -0.459 e. The van der Waals surface area contributed by atoms with Gasteiger partial charge >= 0.3 is 0 Å². The van der Waals surface area contributed by atoms with Gasteiger partial charge in [0.1, 0.15) is 10.8 Å². The van der Waals surface area contributed by atoms with E-state index in [9.17, 15) is 0 Å². The Morgan fingerprint density at radius 2 is 2.18 bits per heavy atom. The third-order valence-corrected chi connectivity index (χ3v) is 3.31. The van der Waals surface area contributed by atoms with Gasteiger partial charge in [0.05, 0.1) is 0 Å². The molecule has 0 aliphatic heterocycles. The van der Waals surface area contributed by atoms with Gasteiger partial charge in [-0.2, -0.15) is 0 Å². The van der Waals surface area contributed by atoms with Gasteiger partial charge in [0, 0.05) is 19.0 Å². The van der Waals surface area contributed by atoms with E-state index in [1.54, 1.807) is 11.3 Å². The molecule has 4 nitrogen and oxygen atoms in total. The molecule has 0 saturated carbocycles. The fraction of sp³-hybridized carbons (Fsp3) is 0.500. The number of aromatic nitrogens is 2. The van der Waals surface area contributed by atoms with Crippen LogP contribution in [0.2, 0.25) is 0 Å². The molecule has 2 aromatic heterocycles. The van der Waals surface area contributed by atoms with Crippen LogP contribution in [0.3, 0.4) is 0 Å². The Labute approximate surface area is 105 Å². The number of hydrogen-bond acceptors (Lipinski definition) is 5.